The lowest BCUT2D eigenvalue weighted by molar-refractivity contribution is -0.119. The van der Waals surface area contributed by atoms with Crippen molar-refractivity contribution in [1.82, 2.24) is 5.32 Å². The summed E-state index contributed by atoms with van der Waals surface area (Å²) in [5.74, 6) is -0.568. The lowest BCUT2D eigenvalue weighted by atomic mass is 10.1. The van der Waals surface area contributed by atoms with Crippen molar-refractivity contribution in [3.05, 3.63) is 95.1 Å². The summed E-state index contributed by atoms with van der Waals surface area (Å²) in [5, 5.41) is 8.68. The minimum Gasteiger partial charge on any atom is -0.348 e. The Bertz CT molecular complexity index is 1140. The fourth-order valence-corrected chi connectivity index (χ4v) is 3.18. The number of hydrogen-bond acceptors (Lipinski definition) is 3. The van der Waals surface area contributed by atoms with E-state index in [0.717, 1.165) is 17.5 Å². The highest BCUT2D eigenvalue weighted by Crippen LogP contribution is 2.19. The Kier molecular flexibility index (Phi) is 7.97. The highest BCUT2D eigenvalue weighted by atomic mass is 16.2. The third-order valence-electron chi connectivity index (χ3n) is 5.49. The topological polar surface area (TPSA) is 87.3 Å². The maximum Gasteiger partial charge on any atom is 0.255 e. The van der Waals surface area contributed by atoms with Gasteiger partial charge in [0.1, 0.15) is 0 Å². The Hall–Kier alpha value is -3.93. The van der Waals surface area contributed by atoms with Crippen LogP contribution in [0.15, 0.2) is 72.8 Å². The smallest absolute Gasteiger partial charge is 0.255 e. The molecule has 1 atom stereocenters. The Labute approximate surface area is 194 Å². The number of benzene rings is 3. The molecule has 0 heterocycles. The van der Waals surface area contributed by atoms with Gasteiger partial charge in [-0.2, -0.15) is 0 Å². The number of carbonyl (C=O) groups is 3. The van der Waals surface area contributed by atoms with Gasteiger partial charge in [0.05, 0.1) is 0 Å². The fourth-order valence-electron chi connectivity index (χ4n) is 3.18. The molecule has 0 radical (unpaired) electrons. The van der Waals surface area contributed by atoms with Gasteiger partial charge in [-0.15, -0.1) is 0 Å². The van der Waals surface area contributed by atoms with Gasteiger partial charge in [-0.1, -0.05) is 50.2 Å². The van der Waals surface area contributed by atoms with Crippen LogP contribution in [-0.4, -0.2) is 17.7 Å². The largest absolute Gasteiger partial charge is 0.348 e. The normalized spacial score (nSPS) is 11.4. The van der Waals surface area contributed by atoms with E-state index in [1.165, 1.54) is 0 Å². The quantitative estimate of drug-likeness (QED) is 0.449. The van der Waals surface area contributed by atoms with E-state index in [1.54, 1.807) is 42.5 Å². The van der Waals surface area contributed by atoms with Crippen molar-refractivity contribution >= 4 is 29.1 Å². The molecule has 170 valence electrons. The Morgan fingerprint density at radius 2 is 1.58 bits per heavy atom. The molecule has 6 heteroatoms. The summed E-state index contributed by atoms with van der Waals surface area (Å²) in [6, 6.07) is 21.5. The van der Waals surface area contributed by atoms with Gasteiger partial charge in [0.25, 0.3) is 11.8 Å². The number of aryl methyl sites for hydroxylation is 1. The Morgan fingerprint density at radius 3 is 2.30 bits per heavy atom. The zero-order chi connectivity index (χ0) is 23.8. The van der Waals surface area contributed by atoms with Crippen molar-refractivity contribution in [2.45, 2.75) is 33.7 Å². The average Bonchev–Trinajstić information content (AvgIpc) is 2.84. The van der Waals surface area contributed by atoms with E-state index in [9.17, 15) is 14.4 Å². The molecule has 0 saturated heterocycles. The molecule has 0 bridgehead atoms. The van der Waals surface area contributed by atoms with Gasteiger partial charge in [-0.3, -0.25) is 14.4 Å². The van der Waals surface area contributed by atoms with Gasteiger partial charge in [-0.25, -0.2) is 0 Å². The first kappa shape index (κ1) is 23.7. The van der Waals surface area contributed by atoms with Gasteiger partial charge in [0, 0.05) is 35.0 Å². The Balaban J connectivity index is 1.64. The first-order valence-electron chi connectivity index (χ1n) is 11.0. The molecular weight excluding hydrogens is 414 g/mol. The summed E-state index contributed by atoms with van der Waals surface area (Å²) in [6.45, 7) is 6.05. The summed E-state index contributed by atoms with van der Waals surface area (Å²) in [5.41, 5.74) is 4.02. The number of anilines is 2. The molecule has 3 aromatic carbocycles. The standard InChI is InChI=1S/C27H29N3O3/c1-4-18(2)25(31)29-23-12-8-9-20(15-23)17-28-26(32)22-14-13-19(3)24(16-22)30-27(33)21-10-6-5-7-11-21/h5-16,18H,4,17H2,1-3H3,(H,28,32)(H,29,31)(H,30,33). The van der Waals surface area contributed by atoms with Crippen molar-refractivity contribution in [3.63, 3.8) is 0 Å². The van der Waals surface area contributed by atoms with Gasteiger partial charge in [0.15, 0.2) is 0 Å². The molecule has 33 heavy (non-hydrogen) atoms. The average molecular weight is 444 g/mol. The zero-order valence-electron chi connectivity index (χ0n) is 19.1. The number of hydrogen-bond donors (Lipinski definition) is 3. The van der Waals surface area contributed by atoms with Crippen LogP contribution in [0.1, 0.15) is 52.1 Å². The molecule has 0 aliphatic heterocycles. The van der Waals surface area contributed by atoms with E-state index < -0.39 is 0 Å². The predicted octanol–water partition coefficient (Wildman–Crippen LogP) is 5.16. The van der Waals surface area contributed by atoms with Crippen molar-refractivity contribution in [3.8, 4) is 0 Å². The molecular formula is C27H29N3O3. The molecule has 0 aliphatic rings. The van der Waals surface area contributed by atoms with Crippen molar-refractivity contribution in [2.24, 2.45) is 5.92 Å². The van der Waals surface area contributed by atoms with Crippen LogP contribution < -0.4 is 16.0 Å². The second-order valence-corrected chi connectivity index (χ2v) is 8.03. The maximum absolute atomic E-state index is 12.7. The zero-order valence-corrected chi connectivity index (χ0v) is 19.1. The summed E-state index contributed by atoms with van der Waals surface area (Å²) < 4.78 is 0. The van der Waals surface area contributed by atoms with Crippen LogP contribution in [0.3, 0.4) is 0 Å². The molecule has 6 nitrogen and oxygen atoms in total. The highest BCUT2D eigenvalue weighted by molar-refractivity contribution is 6.05. The summed E-state index contributed by atoms with van der Waals surface area (Å²) in [7, 11) is 0. The first-order valence-corrected chi connectivity index (χ1v) is 11.0. The van der Waals surface area contributed by atoms with Gasteiger partial charge in [0.2, 0.25) is 5.91 Å². The minimum atomic E-state index is -0.251. The summed E-state index contributed by atoms with van der Waals surface area (Å²) in [4.78, 5) is 37.3. The lowest BCUT2D eigenvalue weighted by Gasteiger charge is -2.13. The predicted molar refractivity (Wildman–Crippen MR) is 131 cm³/mol. The van der Waals surface area contributed by atoms with E-state index in [0.29, 0.717) is 29.0 Å². The molecule has 3 aromatic rings. The van der Waals surface area contributed by atoms with Crippen LogP contribution in [0.4, 0.5) is 11.4 Å². The van der Waals surface area contributed by atoms with Crippen LogP contribution in [0, 0.1) is 12.8 Å². The van der Waals surface area contributed by atoms with Crippen molar-refractivity contribution in [1.29, 1.82) is 0 Å². The second-order valence-electron chi connectivity index (χ2n) is 8.03. The van der Waals surface area contributed by atoms with Crippen LogP contribution in [-0.2, 0) is 11.3 Å². The second kappa shape index (κ2) is 11.1. The number of amides is 3. The minimum absolute atomic E-state index is 0.0246. The third-order valence-corrected chi connectivity index (χ3v) is 5.49. The molecule has 3 amide bonds. The number of nitrogens with one attached hydrogen (secondary N) is 3. The molecule has 1 unspecified atom stereocenters. The molecule has 0 aromatic heterocycles. The van der Waals surface area contributed by atoms with E-state index in [-0.39, 0.29) is 23.6 Å². The van der Waals surface area contributed by atoms with E-state index >= 15 is 0 Å². The van der Waals surface area contributed by atoms with Crippen LogP contribution in [0.25, 0.3) is 0 Å². The number of carbonyl (C=O) groups excluding carboxylic acids is 3. The van der Waals surface area contributed by atoms with E-state index in [1.807, 2.05) is 51.1 Å². The maximum atomic E-state index is 12.7. The molecule has 0 spiro atoms. The van der Waals surface area contributed by atoms with Crippen molar-refractivity contribution in [2.75, 3.05) is 10.6 Å². The lowest BCUT2D eigenvalue weighted by Crippen LogP contribution is -2.23. The first-order chi connectivity index (χ1) is 15.9. The van der Waals surface area contributed by atoms with E-state index in [4.69, 9.17) is 0 Å². The van der Waals surface area contributed by atoms with Crippen LogP contribution in [0.5, 0.6) is 0 Å². The van der Waals surface area contributed by atoms with Gasteiger partial charge in [-0.05, 0) is 60.9 Å². The molecule has 3 rings (SSSR count). The van der Waals surface area contributed by atoms with Gasteiger partial charge >= 0.3 is 0 Å². The fraction of sp³-hybridized carbons (Fsp3) is 0.222. The van der Waals surface area contributed by atoms with Gasteiger partial charge < -0.3 is 16.0 Å². The SMILES string of the molecule is CCC(C)C(=O)Nc1cccc(CNC(=O)c2ccc(C)c(NC(=O)c3ccccc3)c2)c1. The monoisotopic (exact) mass is 443 g/mol. The van der Waals surface area contributed by atoms with Crippen LogP contribution >= 0.6 is 0 Å². The van der Waals surface area contributed by atoms with Crippen molar-refractivity contribution < 1.29 is 14.4 Å². The molecule has 0 saturated carbocycles. The van der Waals surface area contributed by atoms with E-state index in [2.05, 4.69) is 16.0 Å². The number of rotatable bonds is 8. The summed E-state index contributed by atoms with van der Waals surface area (Å²) in [6.07, 6.45) is 0.770. The van der Waals surface area contributed by atoms with Crippen LogP contribution in [0.2, 0.25) is 0 Å². The molecule has 3 N–H and O–H groups in total. The summed E-state index contributed by atoms with van der Waals surface area (Å²) >= 11 is 0. The molecule has 0 aliphatic carbocycles. The highest BCUT2D eigenvalue weighted by Gasteiger charge is 2.13. The third kappa shape index (κ3) is 6.53. The molecule has 0 fully saturated rings. The Morgan fingerprint density at radius 1 is 0.818 bits per heavy atom.